The van der Waals surface area contributed by atoms with E-state index in [0.717, 1.165) is 18.2 Å². The van der Waals surface area contributed by atoms with E-state index in [0.29, 0.717) is 5.56 Å². The van der Waals surface area contributed by atoms with Crippen LogP contribution in [0.5, 0.6) is 5.75 Å². The van der Waals surface area contributed by atoms with Crippen LogP contribution in [-0.4, -0.2) is 6.36 Å². The predicted octanol–water partition coefficient (Wildman–Crippen LogP) is 2.70. The van der Waals surface area contributed by atoms with E-state index in [4.69, 9.17) is 11.0 Å². The molecule has 0 unspecified atom stereocenters. The topological polar surface area (TPSA) is 59.0 Å². The summed E-state index contributed by atoms with van der Waals surface area (Å²) in [6, 6.07) is 5.20. The molecule has 0 aliphatic carbocycles. The van der Waals surface area contributed by atoms with Gasteiger partial charge in [-0.3, -0.25) is 0 Å². The molecule has 1 aromatic rings. The van der Waals surface area contributed by atoms with Crippen molar-refractivity contribution in [1.29, 1.82) is 5.26 Å². The standard InChI is InChI=1S/C10H7F3N2O/c11-10(12,13)16-8-3-4-9(15)7(6-8)2-1-5-14/h1-4,6H,15H2. The van der Waals surface area contributed by atoms with Gasteiger partial charge < -0.3 is 10.5 Å². The van der Waals surface area contributed by atoms with Gasteiger partial charge in [-0.15, -0.1) is 13.2 Å². The summed E-state index contributed by atoms with van der Waals surface area (Å²) in [5.74, 6) is -0.376. The van der Waals surface area contributed by atoms with Crippen LogP contribution in [0.3, 0.4) is 0 Å². The van der Waals surface area contributed by atoms with Gasteiger partial charge in [0.2, 0.25) is 0 Å². The third-order valence-electron chi connectivity index (χ3n) is 1.63. The van der Waals surface area contributed by atoms with Crippen LogP contribution in [0.4, 0.5) is 18.9 Å². The van der Waals surface area contributed by atoms with E-state index in [9.17, 15) is 13.2 Å². The van der Waals surface area contributed by atoms with Crippen LogP contribution >= 0.6 is 0 Å². The lowest BCUT2D eigenvalue weighted by Gasteiger charge is -2.10. The van der Waals surface area contributed by atoms with Crippen molar-refractivity contribution >= 4 is 11.8 Å². The number of nitrogens with two attached hydrogens (primary N) is 1. The number of hydrogen-bond donors (Lipinski definition) is 1. The highest BCUT2D eigenvalue weighted by Crippen LogP contribution is 2.26. The Morgan fingerprint density at radius 1 is 1.38 bits per heavy atom. The molecule has 6 heteroatoms. The van der Waals surface area contributed by atoms with Crippen molar-refractivity contribution in [3.05, 3.63) is 29.8 Å². The first kappa shape index (κ1) is 11.9. The Morgan fingerprint density at radius 2 is 2.06 bits per heavy atom. The summed E-state index contributed by atoms with van der Waals surface area (Å²) < 4.78 is 39.4. The van der Waals surface area contributed by atoms with E-state index >= 15 is 0 Å². The van der Waals surface area contributed by atoms with Gasteiger partial charge in [0.25, 0.3) is 0 Å². The smallest absolute Gasteiger partial charge is 0.406 e. The lowest BCUT2D eigenvalue weighted by molar-refractivity contribution is -0.274. The molecule has 0 bridgehead atoms. The van der Waals surface area contributed by atoms with E-state index in [-0.39, 0.29) is 11.4 Å². The molecule has 0 fully saturated rings. The van der Waals surface area contributed by atoms with Crippen molar-refractivity contribution in [3.8, 4) is 11.8 Å². The Morgan fingerprint density at radius 3 is 2.62 bits per heavy atom. The first-order valence-electron chi connectivity index (χ1n) is 4.14. The van der Waals surface area contributed by atoms with E-state index in [2.05, 4.69) is 4.74 Å². The molecular formula is C10H7F3N2O. The number of allylic oxidation sites excluding steroid dienone is 1. The number of nitriles is 1. The molecule has 0 atom stereocenters. The molecule has 2 N–H and O–H groups in total. The SMILES string of the molecule is N#CC=Cc1cc(OC(F)(F)F)ccc1N. The molecule has 0 amide bonds. The van der Waals surface area contributed by atoms with Crippen molar-refractivity contribution in [2.24, 2.45) is 0 Å². The Labute approximate surface area is 89.5 Å². The molecule has 0 aliphatic heterocycles. The summed E-state index contributed by atoms with van der Waals surface area (Å²) in [7, 11) is 0. The number of ether oxygens (including phenoxy) is 1. The zero-order chi connectivity index (χ0) is 12.2. The molecule has 0 aromatic heterocycles. The second kappa shape index (κ2) is 4.57. The Kier molecular flexibility index (Phi) is 3.40. The number of anilines is 1. The Bertz CT molecular complexity index is 446. The zero-order valence-corrected chi connectivity index (χ0v) is 7.95. The molecule has 16 heavy (non-hydrogen) atoms. The molecule has 1 aromatic carbocycles. The van der Waals surface area contributed by atoms with Crippen molar-refractivity contribution in [3.63, 3.8) is 0 Å². The van der Waals surface area contributed by atoms with Crippen LogP contribution in [0.25, 0.3) is 6.08 Å². The zero-order valence-electron chi connectivity index (χ0n) is 7.95. The minimum Gasteiger partial charge on any atom is -0.406 e. The third-order valence-corrected chi connectivity index (χ3v) is 1.63. The first-order valence-corrected chi connectivity index (χ1v) is 4.14. The van der Waals surface area contributed by atoms with Gasteiger partial charge in [0, 0.05) is 17.3 Å². The second-order valence-electron chi connectivity index (χ2n) is 2.80. The van der Waals surface area contributed by atoms with Crippen molar-refractivity contribution < 1.29 is 17.9 Å². The number of benzene rings is 1. The maximum Gasteiger partial charge on any atom is 0.573 e. The van der Waals surface area contributed by atoms with Crippen LogP contribution < -0.4 is 10.5 Å². The maximum absolute atomic E-state index is 11.9. The fraction of sp³-hybridized carbons (Fsp3) is 0.100. The number of halogens is 3. The summed E-state index contributed by atoms with van der Waals surface area (Å²) >= 11 is 0. The van der Waals surface area contributed by atoms with Crippen LogP contribution in [-0.2, 0) is 0 Å². The fourth-order valence-electron chi connectivity index (χ4n) is 1.02. The van der Waals surface area contributed by atoms with Gasteiger partial charge in [-0.1, -0.05) is 0 Å². The van der Waals surface area contributed by atoms with Crippen molar-refractivity contribution in [2.75, 3.05) is 5.73 Å². The predicted molar refractivity (Wildman–Crippen MR) is 52.2 cm³/mol. The van der Waals surface area contributed by atoms with Gasteiger partial charge in [-0.05, 0) is 24.3 Å². The largest absolute Gasteiger partial charge is 0.573 e. The normalized spacial score (nSPS) is 11.4. The molecule has 0 saturated heterocycles. The Balaban J connectivity index is 2.99. The monoisotopic (exact) mass is 228 g/mol. The molecule has 84 valence electrons. The summed E-state index contributed by atoms with van der Waals surface area (Å²) in [4.78, 5) is 0. The summed E-state index contributed by atoms with van der Waals surface area (Å²) in [6.07, 6.45) is -2.33. The fourth-order valence-corrected chi connectivity index (χ4v) is 1.02. The highest BCUT2D eigenvalue weighted by Gasteiger charge is 2.31. The van der Waals surface area contributed by atoms with Crippen LogP contribution in [0.1, 0.15) is 5.56 Å². The number of hydrogen-bond acceptors (Lipinski definition) is 3. The van der Waals surface area contributed by atoms with Crippen LogP contribution in [0.15, 0.2) is 24.3 Å². The van der Waals surface area contributed by atoms with Crippen molar-refractivity contribution in [2.45, 2.75) is 6.36 Å². The Hall–Kier alpha value is -2.16. The third kappa shape index (κ3) is 3.53. The van der Waals surface area contributed by atoms with E-state index in [1.807, 2.05) is 0 Å². The lowest BCUT2D eigenvalue weighted by atomic mass is 10.1. The van der Waals surface area contributed by atoms with Gasteiger partial charge in [-0.2, -0.15) is 5.26 Å². The van der Waals surface area contributed by atoms with Gasteiger partial charge in [0.15, 0.2) is 0 Å². The summed E-state index contributed by atoms with van der Waals surface area (Å²) in [5.41, 5.74) is 6.06. The minimum absolute atomic E-state index is 0.265. The number of nitrogen functional groups attached to an aromatic ring is 1. The number of rotatable bonds is 2. The average Bonchev–Trinajstić information content (AvgIpc) is 2.17. The molecule has 3 nitrogen and oxygen atoms in total. The summed E-state index contributed by atoms with van der Waals surface area (Å²) in [5, 5.41) is 8.29. The number of alkyl halides is 3. The van der Waals surface area contributed by atoms with Gasteiger partial charge in [0.05, 0.1) is 6.07 Å². The molecule has 0 radical (unpaired) electrons. The van der Waals surface area contributed by atoms with Gasteiger partial charge in [0.1, 0.15) is 5.75 Å². The quantitative estimate of drug-likeness (QED) is 0.625. The van der Waals surface area contributed by atoms with E-state index in [1.54, 1.807) is 6.07 Å². The molecule has 1 rings (SSSR count). The van der Waals surface area contributed by atoms with E-state index in [1.165, 1.54) is 12.1 Å². The summed E-state index contributed by atoms with van der Waals surface area (Å²) in [6.45, 7) is 0. The second-order valence-corrected chi connectivity index (χ2v) is 2.80. The van der Waals surface area contributed by atoms with E-state index < -0.39 is 6.36 Å². The maximum atomic E-state index is 11.9. The van der Waals surface area contributed by atoms with Gasteiger partial charge >= 0.3 is 6.36 Å². The molecule has 0 saturated carbocycles. The molecular weight excluding hydrogens is 221 g/mol. The highest BCUT2D eigenvalue weighted by atomic mass is 19.4. The van der Waals surface area contributed by atoms with Gasteiger partial charge in [-0.25, -0.2) is 0 Å². The molecule has 0 aliphatic rings. The number of nitrogens with zero attached hydrogens (tertiary/aromatic N) is 1. The molecule has 0 heterocycles. The lowest BCUT2D eigenvalue weighted by Crippen LogP contribution is -2.17. The van der Waals surface area contributed by atoms with Crippen LogP contribution in [0.2, 0.25) is 0 Å². The van der Waals surface area contributed by atoms with Crippen LogP contribution in [0, 0.1) is 11.3 Å². The first-order chi connectivity index (χ1) is 7.42. The minimum atomic E-state index is -4.74. The average molecular weight is 228 g/mol. The van der Waals surface area contributed by atoms with Crippen molar-refractivity contribution in [1.82, 2.24) is 0 Å². The molecule has 0 spiro atoms. The highest BCUT2D eigenvalue weighted by molar-refractivity contribution is 5.67.